The standard InChI is InChI=1S/C4H11NO.BrH/c1-6-4-2-3-5;/h2-5H2,1H3;1H. The van der Waals surface area contributed by atoms with Gasteiger partial charge in [-0.15, -0.1) is 17.0 Å². The number of halogens is 1. The predicted molar refractivity (Wildman–Crippen MR) is 35.9 cm³/mol. The van der Waals surface area contributed by atoms with Crippen LogP contribution in [-0.4, -0.2) is 20.3 Å². The number of hydrogen-bond donors (Lipinski definition) is 1. The molecule has 0 spiro atoms. The average molecular weight is 170 g/mol. The van der Waals surface area contributed by atoms with Gasteiger partial charge in [-0.1, -0.05) is 0 Å². The second kappa shape index (κ2) is 9.64. The second-order valence-corrected chi connectivity index (χ2v) is 1.14. The molecule has 0 aromatic rings. The molecule has 0 bridgehead atoms. The summed E-state index contributed by atoms with van der Waals surface area (Å²) < 4.78 is 4.70. The molecule has 0 saturated carbocycles. The van der Waals surface area contributed by atoms with E-state index in [0.717, 1.165) is 19.6 Å². The molecule has 2 nitrogen and oxygen atoms in total. The van der Waals surface area contributed by atoms with Crippen LogP contribution in [0, 0.1) is 0 Å². The van der Waals surface area contributed by atoms with E-state index in [1.54, 1.807) is 7.11 Å². The molecule has 2 N–H and O–H groups in total. The van der Waals surface area contributed by atoms with E-state index in [1.165, 1.54) is 0 Å². The summed E-state index contributed by atoms with van der Waals surface area (Å²) in [7, 11) is 1.68. The third-order valence-corrected chi connectivity index (χ3v) is 0.553. The molecule has 0 atom stereocenters. The zero-order chi connectivity index (χ0) is 4.83. The van der Waals surface area contributed by atoms with Gasteiger partial charge in [0.25, 0.3) is 0 Å². The van der Waals surface area contributed by atoms with Crippen LogP contribution in [0.1, 0.15) is 6.42 Å². The monoisotopic (exact) mass is 169 g/mol. The Labute approximate surface area is 54.8 Å². The first-order valence-electron chi connectivity index (χ1n) is 2.11. The van der Waals surface area contributed by atoms with Crippen molar-refractivity contribution in [3.05, 3.63) is 0 Å². The molecule has 7 heavy (non-hydrogen) atoms. The highest BCUT2D eigenvalue weighted by atomic mass is 79.9. The highest BCUT2D eigenvalue weighted by Crippen LogP contribution is 1.70. The molecule has 0 aromatic heterocycles. The van der Waals surface area contributed by atoms with E-state index in [1.807, 2.05) is 0 Å². The molecule has 0 heterocycles. The molecule has 0 radical (unpaired) electrons. The van der Waals surface area contributed by atoms with Gasteiger partial charge in [0.1, 0.15) is 0 Å². The molecule has 46 valence electrons. The lowest BCUT2D eigenvalue weighted by Crippen LogP contribution is -2.01. The van der Waals surface area contributed by atoms with Crippen molar-refractivity contribution in [3.63, 3.8) is 0 Å². The van der Waals surface area contributed by atoms with Crippen LogP contribution in [0.3, 0.4) is 0 Å². The molecule has 0 saturated heterocycles. The van der Waals surface area contributed by atoms with Crippen LogP contribution >= 0.6 is 17.0 Å². The summed E-state index contributed by atoms with van der Waals surface area (Å²) >= 11 is 0. The maximum absolute atomic E-state index is 5.13. The lowest BCUT2D eigenvalue weighted by atomic mass is 10.5. The van der Waals surface area contributed by atoms with E-state index in [2.05, 4.69) is 0 Å². The number of ether oxygens (including phenoxy) is 1. The lowest BCUT2D eigenvalue weighted by Gasteiger charge is -1.89. The van der Waals surface area contributed by atoms with Gasteiger partial charge in [0.05, 0.1) is 0 Å². The lowest BCUT2D eigenvalue weighted by molar-refractivity contribution is 0.197. The zero-order valence-electron chi connectivity index (χ0n) is 4.52. The van der Waals surface area contributed by atoms with Crippen LogP contribution in [0.5, 0.6) is 0 Å². The Balaban J connectivity index is 0. The van der Waals surface area contributed by atoms with Crippen molar-refractivity contribution in [1.82, 2.24) is 0 Å². The van der Waals surface area contributed by atoms with E-state index in [9.17, 15) is 0 Å². The van der Waals surface area contributed by atoms with Gasteiger partial charge in [-0.25, -0.2) is 0 Å². The summed E-state index contributed by atoms with van der Waals surface area (Å²) in [5.41, 5.74) is 5.13. The third-order valence-electron chi connectivity index (χ3n) is 0.553. The maximum Gasteiger partial charge on any atom is 0.0474 e. The molecule has 0 aliphatic rings. The van der Waals surface area contributed by atoms with E-state index in [4.69, 9.17) is 10.5 Å². The first kappa shape index (κ1) is 10.4. The molecule has 0 aliphatic heterocycles. The summed E-state index contributed by atoms with van der Waals surface area (Å²) in [4.78, 5) is 0. The zero-order valence-corrected chi connectivity index (χ0v) is 6.23. The summed E-state index contributed by atoms with van der Waals surface area (Å²) in [5.74, 6) is 0. The molecule has 0 fully saturated rings. The Morgan fingerprint density at radius 2 is 2.14 bits per heavy atom. The molecule has 3 heteroatoms. The van der Waals surface area contributed by atoms with E-state index >= 15 is 0 Å². The number of hydrogen-bond acceptors (Lipinski definition) is 2. The summed E-state index contributed by atoms with van der Waals surface area (Å²) in [6.45, 7) is 1.52. The van der Waals surface area contributed by atoms with Crippen LogP contribution in [-0.2, 0) is 4.74 Å². The van der Waals surface area contributed by atoms with E-state index in [-0.39, 0.29) is 17.0 Å². The first-order valence-corrected chi connectivity index (χ1v) is 2.11. The van der Waals surface area contributed by atoms with Gasteiger partial charge in [-0.05, 0) is 13.0 Å². The average Bonchev–Trinajstić information content (AvgIpc) is 1.61. The van der Waals surface area contributed by atoms with E-state index in [0.29, 0.717) is 0 Å². The fraction of sp³-hybridized carbons (Fsp3) is 1.00. The van der Waals surface area contributed by atoms with Crippen LogP contribution in [0.4, 0.5) is 0 Å². The smallest absolute Gasteiger partial charge is 0.0474 e. The van der Waals surface area contributed by atoms with E-state index < -0.39 is 0 Å². The maximum atomic E-state index is 5.13. The Morgan fingerprint density at radius 3 is 2.29 bits per heavy atom. The van der Waals surface area contributed by atoms with Gasteiger partial charge in [-0.3, -0.25) is 0 Å². The summed E-state index contributed by atoms with van der Waals surface area (Å²) in [6.07, 6.45) is 0.969. The second-order valence-electron chi connectivity index (χ2n) is 1.14. The molecule has 0 aromatic carbocycles. The van der Waals surface area contributed by atoms with Gasteiger partial charge in [0.2, 0.25) is 0 Å². The fourth-order valence-corrected chi connectivity index (χ4v) is 0.228. The van der Waals surface area contributed by atoms with Gasteiger partial charge in [0.15, 0.2) is 0 Å². The van der Waals surface area contributed by atoms with Crippen molar-refractivity contribution in [3.8, 4) is 0 Å². The number of methoxy groups -OCH3 is 1. The van der Waals surface area contributed by atoms with Crippen molar-refractivity contribution in [2.24, 2.45) is 5.73 Å². The molecule has 0 aliphatic carbocycles. The molecule has 0 rings (SSSR count). The largest absolute Gasteiger partial charge is 0.385 e. The Kier molecular flexibility index (Phi) is 14.3. The van der Waals surface area contributed by atoms with Crippen molar-refractivity contribution in [2.75, 3.05) is 20.3 Å². The van der Waals surface area contributed by atoms with Crippen LogP contribution in [0.2, 0.25) is 0 Å². The molecular weight excluding hydrogens is 158 g/mol. The normalized spacial score (nSPS) is 7.71. The van der Waals surface area contributed by atoms with Crippen molar-refractivity contribution in [2.45, 2.75) is 6.42 Å². The highest BCUT2D eigenvalue weighted by Gasteiger charge is 1.74. The van der Waals surface area contributed by atoms with Crippen LogP contribution in [0.15, 0.2) is 0 Å². The summed E-state index contributed by atoms with van der Waals surface area (Å²) in [5, 5.41) is 0. The Morgan fingerprint density at radius 1 is 1.57 bits per heavy atom. The molecule has 0 unspecified atom stereocenters. The van der Waals surface area contributed by atoms with Crippen molar-refractivity contribution >= 4 is 17.0 Å². The Hall–Kier alpha value is 0.400. The quantitative estimate of drug-likeness (QED) is 0.628. The van der Waals surface area contributed by atoms with Crippen molar-refractivity contribution < 1.29 is 4.74 Å². The fourth-order valence-electron chi connectivity index (χ4n) is 0.228. The minimum atomic E-state index is 0. The minimum Gasteiger partial charge on any atom is -0.385 e. The van der Waals surface area contributed by atoms with Crippen molar-refractivity contribution in [1.29, 1.82) is 0 Å². The van der Waals surface area contributed by atoms with Crippen LogP contribution in [0.25, 0.3) is 0 Å². The third kappa shape index (κ3) is 10.7. The molecular formula is C4H12BrNO. The molecule has 0 amide bonds. The van der Waals surface area contributed by atoms with Crippen LogP contribution < -0.4 is 5.73 Å². The predicted octanol–water partition coefficient (Wildman–Crippen LogP) is 0.559. The Bertz CT molecular complexity index is 23.7. The van der Waals surface area contributed by atoms with Gasteiger partial charge in [-0.2, -0.15) is 0 Å². The topological polar surface area (TPSA) is 35.2 Å². The summed E-state index contributed by atoms with van der Waals surface area (Å²) in [6, 6.07) is 0. The number of nitrogens with two attached hydrogens (primary N) is 1. The highest BCUT2D eigenvalue weighted by molar-refractivity contribution is 8.93. The minimum absolute atomic E-state index is 0. The van der Waals surface area contributed by atoms with Gasteiger partial charge < -0.3 is 10.5 Å². The SMILES string of the molecule is Br.COCCCN. The van der Waals surface area contributed by atoms with Gasteiger partial charge in [0, 0.05) is 13.7 Å². The first-order chi connectivity index (χ1) is 2.91. The number of rotatable bonds is 3. The van der Waals surface area contributed by atoms with Gasteiger partial charge >= 0.3 is 0 Å².